The molecule has 0 radical (unpaired) electrons. The fourth-order valence-electron chi connectivity index (χ4n) is 2.07. The Kier molecular flexibility index (Phi) is 8.78. The van der Waals surface area contributed by atoms with E-state index in [2.05, 4.69) is 53.3 Å². The third-order valence-electron chi connectivity index (χ3n) is 3.60. The minimum absolute atomic E-state index is 0.0292. The van der Waals surface area contributed by atoms with E-state index in [0.717, 1.165) is 44.4 Å². The van der Waals surface area contributed by atoms with Crippen LogP contribution in [0.5, 0.6) is 0 Å². The lowest BCUT2D eigenvalue weighted by Gasteiger charge is -2.17. The topological polar surface area (TPSA) is 74.9 Å². The molecule has 1 aromatic rings. The largest absolute Gasteiger partial charge is 0.443 e. The van der Waals surface area contributed by atoms with Crippen LogP contribution >= 0.6 is 0 Å². The second kappa shape index (κ2) is 10.3. The van der Waals surface area contributed by atoms with Crippen molar-refractivity contribution in [3.05, 3.63) is 17.8 Å². The van der Waals surface area contributed by atoms with E-state index < -0.39 is 0 Å². The second-order valence-corrected chi connectivity index (χ2v) is 6.87. The van der Waals surface area contributed by atoms with Gasteiger partial charge in [0.2, 0.25) is 5.89 Å². The van der Waals surface area contributed by atoms with Gasteiger partial charge in [-0.15, -0.1) is 0 Å². The molecule has 0 amide bonds. The summed E-state index contributed by atoms with van der Waals surface area (Å²) in [6.45, 7) is 10.4. The molecule has 24 heavy (non-hydrogen) atoms. The number of ether oxygens (including phenoxy) is 1. The number of nitrogens with one attached hydrogen (secondary N) is 2. The van der Waals surface area contributed by atoms with Crippen LogP contribution in [0.4, 0.5) is 0 Å². The van der Waals surface area contributed by atoms with Gasteiger partial charge in [0.05, 0.1) is 12.7 Å². The zero-order valence-corrected chi connectivity index (χ0v) is 16.0. The van der Waals surface area contributed by atoms with Gasteiger partial charge in [-0.05, 0) is 13.5 Å². The van der Waals surface area contributed by atoms with Crippen molar-refractivity contribution < 1.29 is 9.15 Å². The van der Waals surface area contributed by atoms with Crippen LogP contribution in [-0.4, -0.2) is 63.3 Å². The normalized spacial score (nSPS) is 12.7. The fourth-order valence-corrected chi connectivity index (χ4v) is 2.07. The zero-order valence-electron chi connectivity index (χ0n) is 16.0. The van der Waals surface area contributed by atoms with Crippen molar-refractivity contribution in [2.75, 3.05) is 47.4 Å². The molecule has 0 saturated carbocycles. The molecule has 0 fully saturated rings. The quantitative estimate of drug-likeness (QED) is 0.404. The Morgan fingerprint density at radius 2 is 2.08 bits per heavy atom. The lowest BCUT2D eigenvalue weighted by molar-refractivity contribution is 0.180. The molecular weight excluding hydrogens is 306 g/mol. The Balaban J connectivity index is 2.29. The Morgan fingerprint density at radius 3 is 2.67 bits per heavy atom. The van der Waals surface area contributed by atoms with Crippen LogP contribution in [-0.2, 0) is 16.7 Å². The monoisotopic (exact) mass is 339 g/mol. The van der Waals surface area contributed by atoms with E-state index in [-0.39, 0.29) is 5.41 Å². The minimum Gasteiger partial charge on any atom is -0.443 e. The van der Waals surface area contributed by atoms with Crippen LogP contribution in [0.25, 0.3) is 0 Å². The molecule has 0 aromatic carbocycles. The molecular formula is C17H33N5O2. The highest BCUT2D eigenvalue weighted by Gasteiger charge is 2.19. The van der Waals surface area contributed by atoms with Crippen molar-refractivity contribution >= 4 is 5.96 Å². The molecule has 0 atom stereocenters. The van der Waals surface area contributed by atoms with Gasteiger partial charge in [-0.25, -0.2) is 4.98 Å². The first-order chi connectivity index (χ1) is 11.4. The van der Waals surface area contributed by atoms with Crippen molar-refractivity contribution in [2.45, 2.75) is 39.2 Å². The smallest absolute Gasteiger partial charge is 0.213 e. The molecule has 0 aliphatic heterocycles. The molecule has 2 N–H and O–H groups in total. The first kappa shape index (κ1) is 20.4. The van der Waals surface area contributed by atoms with Crippen molar-refractivity contribution in [1.82, 2.24) is 20.5 Å². The molecule has 0 saturated heterocycles. The van der Waals surface area contributed by atoms with Crippen LogP contribution < -0.4 is 10.6 Å². The number of guanidine groups is 1. The predicted octanol–water partition coefficient (Wildman–Crippen LogP) is 1.61. The van der Waals surface area contributed by atoms with Crippen LogP contribution in [0.1, 0.15) is 38.8 Å². The molecule has 0 unspecified atom stereocenters. The van der Waals surface area contributed by atoms with Gasteiger partial charge in [0.1, 0.15) is 5.76 Å². The summed E-state index contributed by atoms with van der Waals surface area (Å²) < 4.78 is 10.8. The number of nitrogens with zero attached hydrogens (tertiary/aromatic N) is 3. The van der Waals surface area contributed by atoms with Crippen LogP contribution in [0.15, 0.2) is 15.6 Å². The van der Waals surface area contributed by atoms with Crippen LogP contribution in [0.2, 0.25) is 0 Å². The van der Waals surface area contributed by atoms with Crippen LogP contribution in [0, 0.1) is 0 Å². The van der Waals surface area contributed by atoms with E-state index in [4.69, 9.17) is 9.15 Å². The van der Waals surface area contributed by atoms with Crippen molar-refractivity contribution in [3.8, 4) is 0 Å². The van der Waals surface area contributed by atoms with Crippen molar-refractivity contribution in [2.24, 2.45) is 4.99 Å². The van der Waals surface area contributed by atoms with E-state index in [1.54, 1.807) is 20.4 Å². The molecule has 0 aliphatic rings. The molecule has 7 heteroatoms. The summed E-state index contributed by atoms with van der Waals surface area (Å²) >= 11 is 0. The highest BCUT2D eigenvalue weighted by molar-refractivity contribution is 5.79. The maximum absolute atomic E-state index is 5.76. The lowest BCUT2D eigenvalue weighted by Crippen LogP contribution is -2.40. The summed E-state index contributed by atoms with van der Waals surface area (Å²) in [5, 5.41) is 6.52. The maximum Gasteiger partial charge on any atom is 0.213 e. The first-order valence-corrected chi connectivity index (χ1v) is 8.44. The number of methoxy groups -OCH3 is 1. The first-order valence-electron chi connectivity index (χ1n) is 8.44. The van der Waals surface area contributed by atoms with E-state index in [1.807, 2.05) is 0 Å². The molecule has 138 valence electrons. The Bertz CT molecular complexity index is 493. The average molecular weight is 339 g/mol. The molecule has 0 spiro atoms. The number of hydrogen-bond acceptors (Lipinski definition) is 5. The Labute approximate surface area is 145 Å². The zero-order chi connectivity index (χ0) is 18.0. The number of aliphatic imine (C=N–C) groups is 1. The Hall–Kier alpha value is -1.60. The number of rotatable bonds is 9. The summed E-state index contributed by atoms with van der Waals surface area (Å²) in [5.41, 5.74) is -0.0292. The van der Waals surface area contributed by atoms with Crippen LogP contribution in [0.3, 0.4) is 0 Å². The van der Waals surface area contributed by atoms with Gasteiger partial charge in [0.25, 0.3) is 0 Å². The third kappa shape index (κ3) is 7.79. The molecule has 0 aliphatic carbocycles. The summed E-state index contributed by atoms with van der Waals surface area (Å²) in [6.07, 6.45) is 2.84. The van der Waals surface area contributed by atoms with Gasteiger partial charge in [0.15, 0.2) is 5.96 Å². The molecule has 0 bridgehead atoms. The fraction of sp³-hybridized carbons (Fsp3) is 0.765. The number of aromatic nitrogens is 1. The van der Waals surface area contributed by atoms with E-state index >= 15 is 0 Å². The average Bonchev–Trinajstić information content (AvgIpc) is 3.00. The molecule has 1 rings (SSSR count). The van der Waals surface area contributed by atoms with E-state index in [0.29, 0.717) is 12.4 Å². The molecule has 1 heterocycles. The SMILES string of the molecule is CN=C(NCCN(C)CCCOC)NCc1ncc(C(C)(C)C)o1. The minimum atomic E-state index is -0.0292. The summed E-state index contributed by atoms with van der Waals surface area (Å²) in [7, 11) is 5.59. The highest BCUT2D eigenvalue weighted by atomic mass is 16.5. The molecule has 1 aromatic heterocycles. The number of oxazole rings is 1. The van der Waals surface area contributed by atoms with Gasteiger partial charge in [-0.1, -0.05) is 20.8 Å². The van der Waals surface area contributed by atoms with Crippen molar-refractivity contribution in [3.63, 3.8) is 0 Å². The van der Waals surface area contributed by atoms with E-state index in [9.17, 15) is 0 Å². The lowest BCUT2D eigenvalue weighted by atomic mass is 9.94. The predicted molar refractivity (Wildman–Crippen MR) is 97.4 cm³/mol. The van der Waals surface area contributed by atoms with E-state index in [1.165, 1.54) is 0 Å². The van der Waals surface area contributed by atoms with Gasteiger partial charge >= 0.3 is 0 Å². The summed E-state index contributed by atoms with van der Waals surface area (Å²) in [5.74, 6) is 2.30. The van der Waals surface area contributed by atoms with Crippen molar-refractivity contribution in [1.29, 1.82) is 0 Å². The number of hydrogen-bond donors (Lipinski definition) is 2. The maximum atomic E-state index is 5.76. The van der Waals surface area contributed by atoms with Gasteiger partial charge in [-0.2, -0.15) is 0 Å². The van der Waals surface area contributed by atoms with Gasteiger partial charge in [-0.3, -0.25) is 4.99 Å². The second-order valence-electron chi connectivity index (χ2n) is 6.87. The highest BCUT2D eigenvalue weighted by Crippen LogP contribution is 2.22. The molecule has 7 nitrogen and oxygen atoms in total. The van der Waals surface area contributed by atoms with Gasteiger partial charge < -0.3 is 24.7 Å². The summed E-state index contributed by atoms with van der Waals surface area (Å²) in [6, 6.07) is 0. The standard InChI is InChI=1S/C17H33N5O2/c1-17(2,3)14-12-20-15(24-14)13-21-16(18-4)19-8-10-22(5)9-7-11-23-6/h12H,7-11,13H2,1-6H3,(H2,18,19,21). The third-order valence-corrected chi connectivity index (χ3v) is 3.60. The number of likely N-dealkylation sites (N-methyl/N-ethyl adjacent to an activating group) is 1. The van der Waals surface area contributed by atoms with Gasteiger partial charge in [0, 0.05) is 45.8 Å². The summed E-state index contributed by atoms with van der Waals surface area (Å²) in [4.78, 5) is 10.8. The Morgan fingerprint density at radius 1 is 1.33 bits per heavy atom.